The van der Waals surface area contributed by atoms with Crippen LogP contribution in [0.25, 0.3) is 10.9 Å². The first-order chi connectivity index (χ1) is 11.0. The SMILES string of the molecule is O=c1sc(NC[C@H](O)c2ccc(Cl)c(Cl)c2)nc2ccccc12. The normalized spacial score (nSPS) is 12.3. The molecule has 23 heavy (non-hydrogen) atoms. The van der Waals surface area contributed by atoms with Crippen LogP contribution in [0.2, 0.25) is 10.0 Å². The van der Waals surface area contributed by atoms with Gasteiger partial charge in [-0.05, 0) is 29.8 Å². The fraction of sp³-hybridized carbons (Fsp3) is 0.125. The number of nitrogens with one attached hydrogen (secondary N) is 1. The van der Waals surface area contributed by atoms with E-state index in [1.54, 1.807) is 36.4 Å². The number of nitrogens with zero attached hydrogens (tertiary/aromatic N) is 1. The van der Waals surface area contributed by atoms with E-state index in [9.17, 15) is 9.90 Å². The average Bonchev–Trinajstić information content (AvgIpc) is 2.55. The van der Waals surface area contributed by atoms with E-state index < -0.39 is 6.10 Å². The topological polar surface area (TPSA) is 62.2 Å². The molecule has 1 heterocycles. The van der Waals surface area contributed by atoms with Crippen molar-refractivity contribution >= 4 is 50.6 Å². The van der Waals surface area contributed by atoms with Crippen LogP contribution in [0.4, 0.5) is 5.13 Å². The van der Waals surface area contributed by atoms with Gasteiger partial charge < -0.3 is 10.4 Å². The number of halogens is 2. The summed E-state index contributed by atoms with van der Waals surface area (Å²) in [5, 5.41) is 15.1. The van der Waals surface area contributed by atoms with Crippen molar-refractivity contribution in [2.45, 2.75) is 6.10 Å². The summed E-state index contributed by atoms with van der Waals surface area (Å²) < 4.78 is -0.0675. The molecule has 0 bridgehead atoms. The first kappa shape index (κ1) is 16.2. The lowest BCUT2D eigenvalue weighted by atomic mass is 10.1. The molecule has 0 aliphatic heterocycles. The predicted octanol–water partition coefficient (Wildman–Crippen LogP) is 4.11. The van der Waals surface area contributed by atoms with Gasteiger partial charge in [0.15, 0.2) is 5.13 Å². The lowest BCUT2D eigenvalue weighted by molar-refractivity contribution is 0.191. The molecule has 2 N–H and O–H groups in total. The Labute approximate surface area is 146 Å². The van der Waals surface area contributed by atoms with Crippen molar-refractivity contribution in [3.05, 3.63) is 67.6 Å². The van der Waals surface area contributed by atoms with Crippen LogP contribution in [0, 0.1) is 0 Å². The highest BCUT2D eigenvalue weighted by Gasteiger charge is 2.11. The van der Waals surface area contributed by atoms with E-state index in [4.69, 9.17) is 23.2 Å². The van der Waals surface area contributed by atoms with Crippen molar-refractivity contribution in [3.63, 3.8) is 0 Å². The van der Waals surface area contributed by atoms with Crippen molar-refractivity contribution in [2.24, 2.45) is 0 Å². The van der Waals surface area contributed by atoms with E-state index in [-0.39, 0.29) is 11.3 Å². The smallest absolute Gasteiger partial charge is 0.245 e. The molecule has 0 aliphatic rings. The number of hydrogen-bond acceptors (Lipinski definition) is 5. The van der Waals surface area contributed by atoms with Gasteiger partial charge in [0.25, 0.3) is 0 Å². The maximum Gasteiger partial charge on any atom is 0.245 e. The summed E-state index contributed by atoms with van der Waals surface area (Å²) in [6, 6.07) is 12.1. The van der Waals surface area contributed by atoms with Crippen molar-refractivity contribution in [1.82, 2.24) is 4.98 Å². The Kier molecular flexibility index (Phi) is 4.82. The third-order valence-corrected chi connectivity index (χ3v) is 4.88. The van der Waals surface area contributed by atoms with E-state index >= 15 is 0 Å². The molecular formula is C16H12Cl2N2O2S. The van der Waals surface area contributed by atoms with Crippen molar-refractivity contribution in [3.8, 4) is 0 Å². The second-order valence-electron chi connectivity index (χ2n) is 4.89. The van der Waals surface area contributed by atoms with E-state index in [0.717, 1.165) is 11.3 Å². The summed E-state index contributed by atoms with van der Waals surface area (Å²) in [5.41, 5.74) is 1.27. The fourth-order valence-corrected chi connectivity index (χ4v) is 3.18. The van der Waals surface area contributed by atoms with Crippen LogP contribution in [-0.2, 0) is 0 Å². The number of para-hydroxylation sites is 1. The molecule has 3 rings (SSSR count). The highest BCUT2D eigenvalue weighted by molar-refractivity contribution is 7.13. The monoisotopic (exact) mass is 366 g/mol. The van der Waals surface area contributed by atoms with Gasteiger partial charge in [0.2, 0.25) is 4.74 Å². The molecule has 0 amide bonds. The summed E-state index contributed by atoms with van der Waals surface area (Å²) in [7, 11) is 0. The van der Waals surface area contributed by atoms with E-state index in [2.05, 4.69) is 10.3 Å². The third kappa shape index (κ3) is 3.64. The number of hydrogen-bond donors (Lipinski definition) is 2. The number of aliphatic hydroxyl groups excluding tert-OH is 1. The molecule has 0 fully saturated rings. The van der Waals surface area contributed by atoms with Gasteiger partial charge in [-0.25, -0.2) is 4.98 Å². The summed E-state index contributed by atoms with van der Waals surface area (Å²) in [6.07, 6.45) is -0.791. The molecule has 3 aromatic rings. The number of rotatable bonds is 4. The Hall–Kier alpha value is -1.66. The van der Waals surface area contributed by atoms with Crippen LogP contribution in [0.5, 0.6) is 0 Å². The minimum Gasteiger partial charge on any atom is -0.387 e. The third-order valence-electron chi connectivity index (χ3n) is 3.31. The standard InChI is InChI=1S/C16H12Cl2N2O2S/c17-11-6-5-9(7-12(11)18)14(21)8-19-16-20-13-4-2-1-3-10(13)15(22)23-16/h1-7,14,21H,8H2,(H,19,20)/t14-/m0/s1. The molecule has 1 atom stereocenters. The summed E-state index contributed by atoms with van der Waals surface area (Å²) in [6.45, 7) is 0.208. The number of fused-ring (bicyclic) bond motifs is 1. The molecule has 0 unspecified atom stereocenters. The maximum atomic E-state index is 12.0. The van der Waals surface area contributed by atoms with Crippen LogP contribution in [0.1, 0.15) is 11.7 Å². The van der Waals surface area contributed by atoms with Crippen molar-refractivity contribution < 1.29 is 5.11 Å². The van der Waals surface area contributed by atoms with Gasteiger partial charge in [-0.2, -0.15) is 0 Å². The van der Waals surface area contributed by atoms with Crippen LogP contribution in [-0.4, -0.2) is 16.6 Å². The Morgan fingerprint density at radius 3 is 2.74 bits per heavy atom. The Morgan fingerprint density at radius 1 is 1.17 bits per heavy atom. The summed E-state index contributed by atoms with van der Waals surface area (Å²) in [5.74, 6) is 0. The number of anilines is 1. The largest absolute Gasteiger partial charge is 0.387 e. The van der Waals surface area contributed by atoms with Gasteiger partial charge in [0.05, 0.1) is 27.1 Å². The van der Waals surface area contributed by atoms with Gasteiger partial charge in [-0.1, -0.05) is 52.7 Å². The zero-order valence-electron chi connectivity index (χ0n) is 11.8. The zero-order chi connectivity index (χ0) is 16.4. The minimum atomic E-state index is -0.791. The van der Waals surface area contributed by atoms with Crippen molar-refractivity contribution in [2.75, 3.05) is 11.9 Å². The molecule has 0 radical (unpaired) electrons. The molecule has 0 aliphatic carbocycles. The summed E-state index contributed by atoms with van der Waals surface area (Å²) >= 11 is 12.8. The van der Waals surface area contributed by atoms with Gasteiger partial charge >= 0.3 is 0 Å². The van der Waals surface area contributed by atoms with Crippen LogP contribution < -0.4 is 10.1 Å². The van der Waals surface area contributed by atoms with E-state index in [0.29, 0.717) is 31.6 Å². The number of aliphatic hydroxyl groups is 1. The van der Waals surface area contributed by atoms with E-state index in [1.807, 2.05) is 6.07 Å². The molecule has 0 spiro atoms. The van der Waals surface area contributed by atoms with Crippen LogP contribution in [0.3, 0.4) is 0 Å². The second kappa shape index (κ2) is 6.84. The first-order valence-corrected chi connectivity index (χ1v) is 8.38. The highest BCUT2D eigenvalue weighted by Crippen LogP contribution is 2.26. The predicted molar refractivity (Wildman–Crippen MR) is 95.8 cm³/mol. The molecule has 118 valence electrons. The second-order valence-corrected chi connectivity index (χ2v) is 6.67. The lowest BCUT2D eigenvalue weighted by Crippen LogP contribution is -2.13. The van der Waals surface area contributed by atoms with E-state index in [1.165, 1.54) is 0 Å². The molecule has 0 saturated heterocycles. The summed E-state index contributed by atoms with van der Waals surface area (Å²) in [4.78, 5) is 16.4. The first-order valence-electron chi connectivity index (χ1n) is 6.81. The molecular weight excluding hydrogens is 355 g/mol. The Bertz CT molecular complexity index is 914. The van der Waals surface area contributed by atoms with Gasteiger partial charge in [0.1, 0.15) is 0 Å². The molecule has 0 saturated carbocycles. The average molecular weight is 367 g/mol. The van der Waals surface area contributed by atoms with Gasteiger partial charge in [0, 0.05) is 6.54 Å². The van der Waals surface area contributed by atoms with Gasteiger partial charge in [-0.3, -0.25) is 4.79 Å². The molecule has 7 heteroatoms. The number of benzene rings is 2. The number of aromatic nitrogens is 1. The Morgan fingerprint density at radius 2 is 1.96 bits per heavy atom. The fourth-order valence-electron chi connectivity index (χ4n) is 2.12. The maximum absolute atomic E-state index is 12.0. The molecule has 4 nitrogen and oxygen atoms in total. The van der Waals surface area contributed by atoms with Crippen molar-refractivity contribution in [1.29, 1.82) is 0 Å². The quantitative estimate of drug-likeness (QED) is 0.729. The molecule has 2 aromatic carbocycles. The minimum absolute atomic E-state index is 0.0675. The highest BCUT2D eigenvalue weighted by atomic mass is 35.5. The van der Waals surface area contributed by atoms with Gasteiger partial charge in [-0.15, -0.1) is 0 Å². The Balaban J connectivity index is 1.77. The van der Waals surface area contributed by atoms with Crippen LogP contribution in [0.15, 0.2) is 47.3 Å². The lowest BCUT2D eigenvalue weighted by Gasteiger charge is -2.13. The zero-order valence-corrected chi connectivity index (χ0v) is 14.1. The molecule has 1 aromatic heterocycles. The van der Waals surface area contributed by atoms with Crippen LogP contribution >= 0.6 is 34.5 Å².